The number of aromatic carboxylic acids is 1. The number of carboxylic acid groups (broad SMARTS) is 1. The monoisotopic (exact) mass is 327 g/mol. The number of hydrogen-bond donors (Lipinski definition) is 1. The first-order valence-electron chi connectivity index (χ1n) is 8.61. The van der Waals surface area contributed by atoms with Gasteiger partial charge in [0.15, 0.2) is 0 Å². The molecule has 0 unspecified atom stereocenters. The number of carboxylic acids is 1. The van der Waals surface area contributed by atoms with E-state index in [4.69, 9.17) is 0 Å². The molecule has 0 amide bonds. The van der Waals surface area contributed by atoms with E-state index >= 15 is 0 Å². The Bertz CT molecular complexity index is 708. The van der Waals surface area contributed by atoms with E-state index in [0.717, 1.165) is 38.0 Å². The second kappa shape index (κ2) is 7.18. The summed E-state index contributed by atoms with van der Waals surface area (Å²) < 4.78 is 2.22. The lowest BCUT2D eigenvalue weighted by Crippen LogP contribution is -2.34. The molecule has 0 aliphatic carbocycles. The number of imidazole rings is 1. The molecule has 0 saturated carbocycles. The van der Waals surface area contributed by atoms with Crippen LogP contribution in [-0.2, 0) is 6.54 Å². The van der Waals surface area contributed by atoms with Crippen LogP contribution in [0, 0.1) is 0 Å². The molecule has 1 aromatic carbocycles. The van der Waals surface area contributed by atoms with E-state index < -0.39 is 5.97 Å². The van der Waals surface area contributed by atoms with E-state index in [0.29, 0.717) is 17.5 Å². The zero-order valence-corrected chi connectivity index (χ0v) is 14.4. The Labute approximate surface area is 142 Å². The molecule has 1 fully saturated rings. The van der Waals surface area contributed by atoms with Crippen LogP contribution in [0.25, 0.3) is 0 Å². The number of carbonyl (C=O) groups is 1. The third-order valence-electron chi connectivity index (χ3n) is 4.80. The number of benzene rings is 1. The van der Waals surface area contributed by atoms with Crippen LogP contribution in [-0.4, -0.2) is 38.6 Å². The summed E-state index contributed by atoms with van der Waals surface area (Å²) in [5.74, 6) is -0.459. The predicted molar refractivity (Wildman–Crippen MR) is 93.3 cm³/mol. The number of nitrogens with zero attached hydrogens (tertiary/aromatic N) is 3. The zero-order valence-electron chi connectivity index (χ0n) is 14.4. The van der Waals surface area contributed by atoms with Crippen molar-refractivity contribution in [3.05, 3.63) is 53.6 Å². The lowest BCUT2D eigenvalue weighted by molar-refractivity contribution is 0.0696. The fourth-order valence-corrected chi connectivity index (χ4v) is 3.55. The Morgan fingerprint density at radius 1 is 1.42 bits per heavy atom. The highest BCUT2D eigenvalue weighted by Gasteiger charge is 2.23. The molecule has 24 heavy (non-hydrogen) atoms. The smallest absolute Gasteiger partial charge is 0.335 e. The average Bonchev–Trinajstić information content (AvgIpc) is 3.03. The van der Waals surface area contributed by atoms with E-state index in [1.165, 1.54) is 5.69 Å². The van der Waals surface area contributed by atoms with E-state index in [1.807, 2.05) is 24.7 Å². The lowest BCUT2D eigenvalue weighted by atomic mass is 9.89. The quantitative estimate of drug-likeness (QED) is 0.912. The second-order valence-electron chi connectivity index (χ2n) is 6.89. The van der Waals surface area contributed by atoms with Gasteiger partial charge in [-0.2, -0.15) is 0 Å². The van der Waals surface area contributed by atoms with Gasteiger partial charge in [0.05, 0.1) is 17.6 Å². The maximum Gasteiger partial charge on any atom is 0.335 e. The fourth-order valence-electron chi connectivity index (χ4n) is 3.55. The van der Waals surface area contributed by atoms with Crippen LogP contribution >= 0.6 is 0 Å². The van der Waals surface area contributed by atoms with Gasteiger partial charge >= 0.3 is 5.97 Å². The molecule has 1 saturated heterocycles. The van der Waals surface area contributed by atoms with Crippen molar-refractivity contribution < 1.29 is 9.90 Å². The highest BCUT2D eigenvalue weighted by molar-refractivity contribution is 5.87. The van der Waals surface area contributed by atoms with Gasteiger partial charge in [0.2, 0.25) is 0 Å². The summed E-state index contributed by atoms with van der Waals surface area (Å²) in [6, 6.07) is 7.81. The number of hydrogen-bond acceptors (Lipinski definition) is 3. The highest BCUT2D eigenvalue weighted by Crippen LogP contribution is 2.28. The molecule has 1 aromatic heterocycles. The van der Waals surface area contributed by atoms with Crippen LogP contribution in [0.2, 0.25) is 0 Å². The molecule has 5 nitrogen and oxygen atoms in total. The summed E-state index contributed by atoms with van der Waals surface area (Å²) in [6.07, 6.45) is 6.10. The molecule has 0 spiro atoms. The summed E-state index contributed by atoms with van der Waals surface area (Å²) in [5.41, 5.74) is 2.75. The largest absolute Gasteiger partial charge is 0.478 e. The minimum Gasteiger partial charge on any atom is -0.478 e. The molecule has 0 bridgehead atoms. The van der Waals surface area contributed by atoms with Gasteiger partial charge in [-0.25, -0.2) is 9.78 Å². The van der Waals surface area contributed by atoms with Crippen LogP contribution < -0.4 is 0 Å². The molecule has 1 aliphatic heterocycles. The standard InChI is InChI=1S/C19H25N3O2/c1-14(2)22-13-20-10-18(22)12-21-8-4-7-17(11-21)15-5-3-6-16(9-15)19(23)24/h3,5-6,9-10,13-14,17H,4,7-8,11-12H2,1-2H3,(H,23,24)/t17-/m1/s1. The van der Waals surface area contributed by atoms with Crippen molar-refractivity contribution in [3.63, 3.8) is 0 Å². The minimum atomic E-state index is -0.856. The van der Waals surface area contributed by atoms with Crippen LogP contribution in [0.15, 0.2) is 36.8 Å². The molecule has 1 atom stereocenters. The van der Waals surface area contributed by atoms with E-state index in [9.17, 15) is 9.90 Å². The number of likely N-dealkylation sites (tertiary alicyclic amines) is 1. The maximum atomic E-state index is 11.2. The normalized spacial score (nSPS) is 18.9. The molecule has 1 aliphatic rings. The van der Waals surface area contributed by atoms with Crippen LogP contribution in [0.4, 0.5) is 0 Å². The number of rotatable bonds is 5. The first-order chi connectivity index (χ1) is 11.5. The van der Waals surface area contributed by atoms with E-state index in [2.05, 4.69) is 34.4 Å². The topological polar surface area (TPSA) is 58.4 Å². The van der Waals surface area contributed by atoms with Crippen molar-refractivity contribution in [1.82, 2.24) is 14.5 Å². The van der Waals surface area contributed by atoms with Gasteiger partial charge in [0.1, 0.15) is 0 Å². The van der Waals surface area contributed by atoms with E-state index in [-0.39, 0.29) is 0 Å². The van der Waals surface area contributed by atoms with Crippen molar-refractivity contribution in [2.75, 3.05) is 13.1 Å². The molecule has 2 heterocycles. The van der Waals surface area contributed by atoms with Gasteiger partial charge in [-0.3, -0.25) is 4.90 Å². The number of piperidine rings is 1. The Morgan fingerprint density at radius 2 is 2.25 bits per heavy atom. The van der Waals surface area contributed by atoms with Crippen LogP contribution in [0.5, 0.6) is 0 Å². The van der Waals surface area contributed by atoms with Crippen molar-refractivity contribution in [2.24, 2.45) is 0 Å². The first kappa shape index (κ1) is 16.7. The van der Waals surface area contributed by atoms with Gasteiger partial charge < -0.3 is 9.67 Å². The molecule has 5 heteroatoms. The third kappa shape index (κ3) is 3.67. The second-order valence-corrected chi connectivity index (χ2v) is 6.89. The van der Waals surface area contributed by atoms with Crippen LogP contribution in [0.1, 0.15) is 60.3 Å². The summed E-state index contributed by atoms with van der Waals surface area (Å²) in [4.78, 5) is 17.9. The highest BCUT2D eigenvalue weighted by atomic mass is 16.4. The Morgan fingerprint density at radius 3 is 3.00 bits per heavy atom. The molecule has 3 rings (SSSR count). The molecule has 128 valence electrons. The molecular formula is C19H25N3O2. The van der Waals surface area contributed by atoms with Crippen LogP contribution in [0.3, 0.4) is 0 Å². The maximum absolute atomic E-state index is 11.2. The Balaban J connectivity index is 1.71. The van der Waals surface area contributed by atoms with E-state index in [1.54, 1.807) is 6.07 Å². The van der Waals surface area contributed by atoms with Gasteiger partial charge in [-0.05, 0) is 56.8 Å². The zero-order chi connectivity index (χ0) is 17.1. The SMILES string of the molecule is CC(C)n1cncc1CN1CCC[C@@H](c2cccc(C(=O)O)c2)C1. The summed E-state index contributed by atoms with van der Waals surface area (Å²) >= 11 is 0. The first-order valence-corrected chi connectivity index (χ1v) is 8.61. The lowest BCUT2D eigenvalue weighted by Gasteiger charge is -2.33. The Hall–Kier alpha value is -2.14. The summed E-state index contributed by atoms with van der Waals surface area (Å²) in [7, 11) is 0. The van der Waals surface area contributed by atoms with Gasteiger partial charge in [0, 0.05) is 25.3 Å². The van der Waals surface area contributed by atoms with Gasteiger partial charge in [-0.15, -0.1) is 0 Å². The van der Waals surface area contributed by atoms with Crippen molar-refractivity contribution >= 4 is 5.97 Å². The predicted octanol–water partition coefficient (Wildman–Crippen LogP) is 3.54. The van der Waals surface area contributed by atoms with Crippen molar-refractivity contribution in [2.45, 2.75) is 45.2 Å². The fraction of sp³-hybridized carbons (Fsp3) is 0.474. The third-order valence-corrected chi connectivity index (χ3v) is 4.80. The summed E-state index contributed by atoms with van der Waals surface area (Å²) in [6.45, 7) is 7.28. The average molecular weight is 327 g/mol. The van der Waals surface area contributed by atoms with Gasteiger partial charge in [-0.1, -0.05) is 12.1 Å². The molecule has 2 aromatic rings. The van der Waals surface area contributed by atoms with Gasteiger partial charge in [0.25, 0.3) is 0 Å². The van der Waals surface area contributed by atoms with Crippen molar-refractivity contribution in [3.8, 4) is 0 Å². The minimum absolute atomic E-state index is 0.377. The Kier molecular flexibility index (Phi) is 5.00. The summed E-state index contributed by atoms with van der Waals surface area (Å²) in [5, 5.41) is 9.19. The molecule has 0 radical (unpaired) electrons. The molecular weight excluding hydrogens is 302 g/mol. The number of aromatic nitrogens is 2. The van der Waals surface area contributed by atoms with Crippen molar-refractivity contribution in [1.29, 1.82) is 0 Å². The molecule has 1 N–H and O–H groups in total.